The van der Waals surface area contributed by atoms with E-state index in [1.165, 1.54) is 0 Å². The zero-order valence-corrected chi connectivity index (χ0v) is 9.02. The average Bonchev–Trinajstić information content (AvgIpc) is 2.10. The number of phenolic OH excluding ortho intramolecular Hbond substituents is 1. The van der Waals surface area contributed by atoms with Crippen LogP contribution in [-0.4, -0.2) is 5.11 Å². The number of phenols is 1. The van der Waals surface area contributed by atoms with Gasteiger partial charge in [0.1, 0.15) is 5.75 Å². The first-order valence-corrected chi connectivity index (χ1v) is 4.93. The van der Waals surface area contributed by atoms with Crippen LogP contribution in [0.15, 0.2) is 12.1 Å². The summed E-state index contributed by atoms with van der Waals surface area (Å²) in [5.74, 6) is 0.717. The summed E-state index contributed by atoms with van der Waals surface area (Å²) in [7, 11) is 0. The summed E-state index contributed by atoms with van der Waals surface area (Å²) in [5, 5.41) is 10.4. The third-order valence-electron chi connectivity index (χ3n) is 2.45. The molecular weight excluding hydrogens is 184 g/mol. The van der Waals surface area contributed by atoms with Gasteiger partial charge in [0.25, 0.3) is 0 Å². The van der Waals surface area contributed by atoms with Gasteiger partial charge in [0.05, 0.1) is 0 Å². The largest absolute Gasteiger partial charge is 0.508 e. The quantitative estimate of drug-likeness (QED) is 0.765. The molecule has 72 valence electrons. The van der Waals surface area contributed by atoms with Gasteiger partial charge in [-0.05, 0) is 42.5 Å². The molecule has 0 radical (unpaired) electrons. The van der Waals surface area contributed by atoms with Crippen LogP contribution in [0.25, 0.3) is 0 Å². The lowest BCUT2D eigenvalue weighted by molar-refractivity contribution is 0.461. The van der Waals surface area contributed by atoms with Crippen molar-refractivity contribution in [1.82, 2.24) is 0 Å². The first-order valence-electron chi connectivity index (χ1n) is 4.55. The molecule has 1 aromatic rings. The third-order valence-corrected chi connectivity index (χ3v) is 2.86. The second kappa shape index (κ2) is 4.01. The molecule has 0 saturated heterocycles. The highest BCUT2D eigenvalue weighted by atomic mass is 35.5. The summed E-state index contributed by atoms with van der Waals surface area (Å²) in [6, 6.07) is 3.59. The number of benzene rings is 1. The van der Waals surface area contributed by atoms with Crippen molar-refractivity contribution in [3.8, 4) is 5.75 Å². The minimum Gasteiger partial charge on any atom is -0.508 e. The standard InChI is InChI=1S/C11H15ClO/c1-4-7(2)9-6-10(12)8(3)5-11(9)13/h5-7,13H,4H2,1-3H3/t7-/m1/s1. The maximum absolute atomic E-state index is 9.66. The van der Waals surface area contributed by atoms with Crippen LogP contribution >= 0.6 is 11.6 Å². The Labute approximate surface area is 84.4 Å². The van der Waals surface area contributed by atoms with E-state index in [2.05, 4.69) is 13.8 Å². The zero-order valence-electron chi connectivity index (χ0n) is 8.26. The van der Waals surface area contributed by atoms with Crippen molar-refractivity contribution in [1.29, 1.82) is 0 Å². The molecule has 0 fully saturated rings. The molecule has 0 amide bonds. The molecule has 0 heterocycles. The smallest absolute Gasteiger partial charge is 0.119 e. The SMILES string of the molecule is CC[C@@H](C)c1cc(Cl)c(C)cc1O. The maximum Gasteiger partial charge on any atom is 0.119 e. The van der Waals surface area contributed by atoms with Crippen LogP contribution in [0.2, 0.25) is 5.02 Å². The lowest BCUT2D eigenvalue weighted by Gasteiger charge is -2.12. The minimum atomic E-state index is 0.358. The minimum absolute atomic E-state index is 0.358. The lowest BCUT2D eigenvalue weighted by Crippen LogP contribution is -1.92. The van der Waals surface area contributed by atoms with Gasteiger partial charge < -0.3 is 5.11 Å². The topological polar surface area (TPSA) is 20.2 Å². The maximum atomic E-state index is 9.66. The fraction of sp³-hybridized carbons (Fsp3) is 0.455. The summed E-state index contributed by atoms with van der Waals surface area (Å²) < 4.78 is 0. The van der Waals surface area contributed by atoms with Gasteiger partial charge in [-0.2, -0.15) is 0 Å². The summed E-state index contributed by atoms with van der Waals surface area (Å²) in [5.41, 5.74) is 1.87. The Morgan fingerprint density at radius 3 is 2.62 bits per heavy atom. The van der Waals surface area contributed by atoms with E-state index in [1.807, 2.05) is 13.0 Å². The molecule has 1 rings (SSSR count). The summed E-state index contributed by atoms with van der Waals surface area (Å²) in [6.07, 6.45) is 1.01. The molecular formula is C11H15ClO. The first kappa shape index (κ1) is 10.4. The van der Waals surface area contributed by atoms with Crippen molar-refractivity contribution < 1.29 is 5.11 Å². The Bertz CT molecular complexity index is 307. The average molecular weight is 199 g/mol. The highest BCUT2D eigenvalue weighted by molar-refractivity contribution is 6.31. The molecule has 2 heteroatoms. The molecule has 0 aliphatic rings. The molecule has 1 atom stereocenters. The van der Waals surface area contributed by atoms with E-state index >= 15 is 0 Å². The number of rotatable bonds is 2. The zero-order chi connectivity index (χ0) is 10.0. The molecule has 1 nitrogen and oxygen atoms in total. The monoisotopic (exact) mass is 198 g/mol. The molecule has 13 heavy (non-hydrogen) atoms. The molecule has 1 N–H and O–H groups in total. The van der Waals surface area contributed by atoms with Gasteiger partial charge in [-0.15, -0.1) is 0 Å². The Morgan fingerprint density at radius 1 is 1.46 bits per heavy atom. The van der Waals surface area contributed by atoms with Gasteiger partial charge in [0, 0.05) is 5.02 Å². The van der Waals surface area contributed by atoms with E-state index in [9.17, 15) is 5.11 Å². The van der Waals surface area contributed by atoms with Crippen LogP contribution in [0.4, 0.5) is 0 Å². The number of aromatic hydroxyl groups is 1. The van der Waals surface area contributed by atoms with Crippen molar-refractivity contribution in [3.05, 3.63) is 28.3 Å². The fourth-order valence-electron chi connectivity index (χ4n) is 1.30. The molecule has 0 unspecified atom stereocenters. The first-order chi connectivity index (χ1) is 6.06. The lowest BCUT2D eigenvalue weighted by atomic mass is 9.96. The number of aryl methyl sites for hydroxylation is 1. The molecule has 0 aliphatic carbocycles. The van der Waals surface area contributed by atoms with Gasteiger partial charge in [-0.25, -0.2) is 0 Å². The highest BCUT2D eigenvalue weighted by Crippen LogP contribution is 2.32. The number of halogens is 1. The second-order valence-electron chi connectivity index (χ2n) is 3.47. The number of hydrogen-bond acceptors (Lipinski definition) is 1. The van der Waals surface area contributed by atoms with Gasteiger partial charge in [0.2, 0.25) is 0 Å². The molecule has 0 aliphatic heterocycles. The van der Waals surface area contributed by atoms with E-state index in [-0.39, 0.29) is 0 Å². The van der Waals surface area contributed by atoms with Crippen LogP contribution in [-0.2, 0) is 0 Å². The van der Waals surface area contributed by atoms with Crippen molar-refractivity contribution in [3.63, 3.8) is 0 Å². The van der Waals surface area contributed by atoms with Gasteiger partial charge in [-0.3, -0.25) is 0 Å². The van der Waals surface area contributed by atoms with Crippen molar-refractivity contribution >= 4 is 11.6 Å². The third kappa shape index (κ3) is 2.16. The molecule has 1 aromatic carbocycles. The summed E-state index contributed by atoms with van der Waals surface area (Å²) >= 11 is 5.98. The number of hydrogen-bond donors (Lipinski definition) is 1. The van der Waals surface area contributed by atoms with Crippen molar-refractivity contribution in [2.24, 2.45) is 0 Å². The van der Waals surface area contributed by atoms with E-state index in [1.54, 1.807) is 6.07 Å². The Kier molecular flexibility index (Phi) is 3.21. The van der Waals surface area contributed by atoms with Crippen molar-refractivity contribution in [2.75, 3.05) is 0 Å². The normalized spacial score (nSPS) is 12.9. The van der Waals surface area contributed by atoms with E-state index < -0.39 is 0 Å². The molecule has 0 saturated carbocycles. The predicted molar refractivity (Wildman–Crippen MR) is 56.6 cm³/mol. The van der Waals surface area contributed by atoms with E-state index in [4.69, 9.17) is 11.6 Å². The van der Waals surface area contributed by atoms with Crippen LogP contribution in [0.1, 0.15) is 37.3 Å². The van der Waals surface area contributed by atoms with Crippen LogP contribution < -0.4 is 0 Å². The molecule has 0 bridgehead atoms. The fourth-order valence-corrected chi connectivity index (χ4v) is 1.47. The Hall–Kier alpha value is -0.690. The Balaban J connectivity index is 3.15. The van der Waals surface area contributed by atoms with Crippen molar-refractivity contribution in [2.45, 2.75) is 33.1 Å². The van der Waals surface area contributed by atoms with E-state index in [0.29, 0.717) is 11.7 Å². The molecule has 0 aromatic heterocycles. The van der Waals surface area contributed by atoms with Crippen LogP contribution in [0.5, 0.6) is 5.75 Å². The Morgan fingerprint density at radius 2 is 2.08 bits per heavy atom. The van der Waals surface area contributed by atoms with E-state index in [0.717, 1.165) is 22.6 Å². The highest BCUT2D eigenvalue weighted by Gasteiger charge is 2.10. The van der Waals surface area contributed by atoms with Gasteiger partial charge >= 0.3 is 0 Å². The van der Waals surface area contributed by atoms with Crippen LogP contribution in [0, 0.1) is 6.92 Å². The second-order valence-corrected chi connectivity index (χ2v) is 3.88. The molecule has 0 spiro atoms. The predicted octanol–water partition coefficient (Wildman–Crippen LogP) is 3.87. The summed E-state index contributed by atoms with van der Waals surface area (Å²) in [6.45, 7) is 6.07. The van der Waals surface area contributed by atoms with Gasteiger partial charge in [0.15, 0.2) is 0 Å². The van der Waals surface area contributed by atoms with Crippen LogP contribution in [0.3, 0.4) is 0 Å². The summed E-state index contributed by atoms with van der Waals surface area (Å²) in [4.78, 5) is 0. The van der Waals surface area contributed by atoms with Gasteiger partial charge in [-0.1, -0.05) is 25.4 Å².